The number of sulfonamides is 1. The van der Waals surface area contributed by atoms with Crippen LogP contribution in [0.1, 0.15) is 25.8 Å². The second kappa shape index (κ2) is 10.3. The molecule has 8 nitrogen and oxygen atoms in total. The van der Waals surface area contributed by atoms with Crippen LogP contribution >= 0.6 is 0 Å². The molecule has 0 unspecified atom stereocenters. The smallest absolute Gasteiger partial charge is 0.243 e. The van der Waals surface area contributed by atoms with Gasteiger partial charge in [-0.15, -0.1) is 0 Å². The molecule has 0 aliphatic heterocycles. The van der Waals surface area contributed by atoms with Crippen molar-refractivity contribution in [2.75, 3.05) is 32.6 Å². The molecule has 9 heteroatoms. The molecular weight excluding hydrogens is 408 g/mol. The molecule has 0 heterocycles. The first-order chi connectivity index (χ1) is 14.3. The number of aryl methyl sites for hydroxylation is 1. The Hall–Kier alpha value is -2.78. The number of amides is 1. The Labute approximate surface area is 177 Å². The van der Waals surface area contributed by atoms with E-state index in [2.05, 4.69) is 5.32 Å². The SMILES string of the molecule is CCN(CC)S(=O)(=O)c1ccc(O)c(NC(=O)CCc2ccc(OC)c(OC)c2)c1. The minimum absolute atomic E-state index is 0.0131. The molecule has 2 aromatic rings. The number of carbonyl (C=O) groups excluding carboxylic acids is 1. The van der Waals surface area contributed by atoms with Crippen LogP contribution in [-0.4, -0.2) is 51.0 Å². The lowest BCUT2D eigenvalue weighted by atomic mass is 10.1. The number of nitrogens with one attached hydrogen (secondary N) is 1. The Morgan fingerprint density at radius 3 is 2.30 bits per heavy atom. The average Bonchev–Trinajstić information content (AvgIpc) is 2.74. The van der Waals surface area contributed by atoms with Crippen LogP contribution in [0, 0.1) is 0 Å². The van der Waals surface area contributed by atoms with Gasteiger partial charge < -0.3 is 19.9 Å². The van der Waals surface area contributed by atoms with E-state index in [1.165, 1.54) is 29.6 Å². The van der Waals surface area contributed by atoms with Gasteiger partial charge in [-0.3, -0.25) is 4.79 Å². The van der Waals surface area contributed by atoms with Crippen molar-refractivity contribution in [3.05, 3.63) is 42.0 Å². The summed E-state index contributed by atoms with van der Waals surface area (Å²) >= 11 is 0. The number of hydrogen-bond acceptors (Lipinski definition) is 6. The van der Waals surface area contributed by atoms with E-state index in [-0.39, 0.29) is 28.7 Å². The van der Waals surface area contributed by atoms with Crippen LogP contribution in [0.5, 0.6) is 17.2 Å². The fraction of sp³-hybridized carbons (Fsp3) is 0.381. The quantitative estimate of drug-likeness (QED) is 0.555. The van der Waals surface area contributed by atoms with Gasteiger partial charge in [-0.1, -0.05) is 19.9 Å². The number of hydrogen-bond donors (Lipinski definition) is 2. The van der Waals surface area contributed by atoms with Gasteiger partial charge in [0.05, 0.1) is 24.8 Å². The van der Waals surface area contributed by atoms with Gasteiger partial charge in [0.15, 0.2) is 11.5 Å². The lowest BCUT2D eigenvalue weighted by Crippen LogP contribution is -2.30. The number of benzene rings is 2. The van der Waals surface area contributed by atoms with Crippen molar-refractivity contribution < 1.29 is 27.8 Å². The second-order valence-corrected chi connectivity index (χ2v) is 8.44. The van der Waals surface area contributed by atoms with Crippen molar-refractivity contribution in [1.29, 1.82) is 0 Å². The first-order valence-electron chi connectivity index (χ1n) is 9.60. The van der Waals surface area contributed by atoms with Crippen LogP contribution in [0.15, 0.2) is 41.3 Å². The van der Waals surface area contributed by atoms with E-state index in [1.807, 2.05) is 6.07 Å². The third-order valence-corrected chi connectivity index (χ3v) is 6.72. The second-order valence-electron chi connectivity index (χ2n) is 6.51. The standard InChI is InChI=1S/C21H28N2O6S/c1-5-23(6-2)30(26,27)16-9-10-18(24)17(14-16)22-21(25)12-8-15-7-11-19(28-3)20(13-15)29-4/h7,9-11,13-14,24H,5-6,8,12H2,1-4H3,(H,22,25). The molecule has 1 amide bonds. The van der Waals surface area contributed by atoms with E-state index in [4.69, 9.17) is 9.47 Å². The summed E-state index contributed by atoms with van der Waals surface area (Å²) in [5, 5.41) is 12.7. The molecule has 0 radical (unpaired) electrons. The van der Waals surface area contributed by atoms with E-state index in [0.29, 0.717) is 31.0 Å². The van der Waals surface area contributed by atoms with Crippen molar-refractivity contribution >= 4 is 21.6 Å². The molecule has 164 valence electrons. The van der Waals surface area contributed by atoms with Gasteiger partial charge >= 0.3 is 0 Å². The van der Waals surface area contributed by atoms with E-state index < -0.39 is 10.0 Å². The van der Waals surface area contributed by atoms with Crippen LogP contribution in [0.2, 0.25) is 0 Å². The zero-order valence-corrected chi connectivity index (χ0v) is 18.5. The average molecular weight is 437 g/mol. The van der Waals surface area contributed by atoms with Gasteiger partial charge in [-0.25, -0.2) is 8.42 Å². The third kappa shape index (κ3) is 5.43. The third-order valence-electron chi connectivity index (χ3n) is 4.67. The number of carbonyl (C=O) groups is 1. The van der Waals surface area contributed by atoms with Gasteiger partial charge in [0.25, 0.3) is 0 Å². The van der Waals surface area contributed by atoms with Gasteiger partial charge in [-0.2, -0.15) is 4.31 Å². The zero-order chi connectivity index (χ0) is 22.3. The van der Waals surface area contributed by atoms with E-state index in [1.54, 1.807) is 33.1 Å². The molecule has 2 rings (SSSR count). The van der Waals surface area contributed by atoms with Gasteiger partial charge in [0, 0.05) is 19.5 Å². The van der Waals surface area contributed by atoms with Crippen LogP contribution < -0.4 is 14.8 Å². The molecule has 2 aromatic carbocycles. The molecule has 2 N–H and O–H groups in total. The number of ether oxygens (including phenoxy) is 2. The van der Waals surface area contributed by atoms with Crippen LogP contribution in [0.3, 0.4) is 0 Å². The molecule has 0 spiro atoms. The summed E-state index contributed by atoms with van der Waals surface area (Å²) in [6, 6.07) is 9.25. The van der Waals surface area contributed by atoms with Gasteiger partial charge in [-0.05, 0) is 42.3 Å². The highest BCUT2D eigenvalue weighted by Gasteiger charge is 2.23. The number of methoxy groups -OCH3 is 2. The number of rotatable bonds is 10. The number of phenols is 1. The molecule has 0 bridgehead atoms. The molecule has 0 aliphatic carbocycles. The summed E-state index contributed by atoms with van der Waals surface area (Å²) in [5.74, 6) is 0.620. The summed E-state index contributed by atoms with van der Waals surface area (Å²) in [5.41, 5.74) is 0.936. The highest BCUT2D eigenvalue weighted by molar-refractivity contribution is 7.89. The van der Waals surface area contributed by atoms with Crippen molar-refractivity contribution in [1.82, 2.24) is 4.31 Å². The molecular formula is C21H28N2O6S. The van der Waals surface area contributed by atoms with E-state index in [0.717, 1.165) is 5.56 Å². The Balaban J connectivity index is 2.12. The summed E-state index contributed by atoms with van der Waals surface area (Å²) in [6.07, 6.45) is 0.576. The Morgan fingerprint density at radius 2 is 1.70 bits per heavy atom. The number of aromatic hydroxyl groups is 1. The molecule has 0 aliphatic rings. The number of phenolic OH excluding ortho intramolecular Hbond substituents is 1. The fourth-order valence-electron chi connectivity index (χ4n) is 3.00. The predicted molar refractivity (Wildman–Crippen MR) is 115 cm³/mol. The summed E-state index contributed by atoms with van der Waals surface area (Å²) in [7, 11) is -0.615. The van der Waals surface area contributed by atoms with E-state index in [9.17, 15) is 18.3 Å². The Morgan fingerprint density at radius 1 is 1.03 bits per heavy atom. The lowest BCUT2D eigenvalue weighted by Gasteiger charge is -2.19. The number of anilines is 1. The summed E-state index contributed by atoms with van der Waals surface area (Å²) < 4.78 is 37.1. The zero-order valence-electron chi connectivity index (χ0n) is 17.6. The first-order valence-corrected chi connectivity index (χ1v) is 11.0. The predicted octanol–water partition coefficient (Wildman–Crippen LogP) is 3.01. The Bertz CT molecular complexity index is 987. The minimum atomic E-state index is -3.70. The van der Waals surface area contributed by atoms with Crippen LogP contribution in [0.25, 0.3) is 0 Å². The molecule has 30 heavy (non-hydrogen) atoms. The van der Waals surface area contributed by atoms with Crippen LogP contribution in [0.4, 0.5) is 5.69 Å². The largest absolute Gasteiger partial charge is 0.506 e. The number of nitrogens with zero attached hydrogens (tertiary/aromatic N) is 1. The maximum absolute atomic E-state index is 12.7. The molecule has 0 saturated carbocycles. The normalized spacial score (nSPS) is 11.4. The van der Waals surface area contributed by atoms with Crippen LogP contribution in [-0.2, 0) is 21.2 Å². The first kappa shape index (κ1) is 23.5. The maximum atomic E-state index is 12.7. The molecule has 0 aromatic heterocycles. The topological polar surface area (TPSA) is 105 Å². The molecule has 0 fully saturated rings. The highest BCUT2D eigenvalue weighted by atomic mass is 32.2. The minimum Gasteiger partial charge on any atom is -0.506 e. The van der Waals surface area contributed by atoms with Crippen molar-refractivity contribution in [3.63, 3.8) is 0 Å². The maximum Gasteiger partial charge on any atom is 0.243 e. The molecule has 0 saturated heterocycles. The highest BCUT2D eigenvalue weighted by Crippen LogP contribution is 2.29. The monoisotopic (exact) mass is 436 g/mol. The Kier molecular flexibility index (Phi) is 8.08. The van der Waals surface area contributed by atoms with Gasteiger partial charge in [0.1, 0.15) is 5.75 Å². The van der Waals surface area contributed by atoms with Crippen molar-refractivity contribution in [2.24, 2.45) is 0 Å². The fourth-order valence-corrected chi connectivity index (χ4v) is 4.48. The van der Waals surface area contributed by atoms with E-state index >= 15 is 0 Å². The van der Waals surface area contributed by atoms with Crippen molar-refractivity contribution in [2.45, 2.75) is 31.6 Å². The molecule has 0 atom stereocenters. The summed E-state index contributed by atoms with van der Waals surface area (Å²) in [6.45, 7) is 4.15. The van der Waals surface area contributed by atoms with Gasteiger partial charge in [0.2, 0.25) is 15.9 Å². The lowest BCUT2D eigenvalue weighted by molar-refractivity contribution is -0.116. The van der Waals surface area contributed by atoms with Crippen molar-refractivity contribution in [3.8, 4) is 17.2 Å². The summed E-state index contributed by atoms with van der Waals surface area (Å²) in [4.78, 5) is 12.4.